The number of rotatable bonds is 8. The fourth-order valence-corrected chi connectivity index (χ4v) is 4.71. The molecule has 3 aromatic rings. The third-order valence-electron chi connectivity index (χ3n) is 6.48. The van der Waals surface area contributed by atoms with Gasteiger partial charge in [-0.05, 0) is 55.0 Å². The number of carbonyl (C=O) groups excluding carboxylic acids is 3. The Morgan fingerprint density at radius 3 is 2.41 bits per heavy atom. The van der Waals surface area contributed by atoms with E-state index in [0.29, 0.717) is 24.9 Å². The molecule has 0 radical (unpaired) electrons. The quantitative estimate of drug-likeness (QED) is 0.410. The second-order valence-electron chi connectivity index (χ2n) is 10.2. The van der Waals surface area contributed by atoms with E-state index in [-0.39, 0.29) is 24.0 Å². The van der Waals surface area contributed by atoms with E-state index >= 15 is 0 Å². The van der Waals surface area contributed by atoms with E-state index in [1.165, 1.54) is 0 Å². The summed E-state index contributed by atoms with van der Waals surface area (Å²) >= 11 is 0. The van der Waals surface area contributed by atoms with E-state index in [1.54, 1.807) is 30.9 Å². The summed E-state index contributed by atoms with van der Waals surface area (Å²) in [6.45, 7) is 3.35. The van der Waals surface area contributed by atoms with Crippen molar-refractivity contribution in [3.05, 3.63) is 89.5 Å². The molecule has 1 unspecified atom stereocenters. The van der Waals surface area contributed by atoms with Gasteiger partial charge in [0.1, 0.15) is 12.6 Å². The number of aliphatic hydroxyl groups excluding tert-OH is 1. The maximum absolute atomic E-state index is 13.7. The lowest BCUT2D eigenvalue weighted by Gasteiger charge is -2.27. The number of amides is 2. The van der Waals surface area contributed by atoms with Crippen LogP contribution in [-0.4, -0.2) is 40.9 Å². The summed E-state index contributed by atoms with van der Waals surface area (Å²) in [5.41, 5.74) is 10.2. The van der Waals surface area contributed by atoms with Gasteiger partial charge in [-0.2, -0.15) is 0 Å². The largest absolute Gasteiger partial charge is 0.388 e. The second kappa shape index (κ2) is 11.1. The Morgan fingerprint density at radius 1 is 1.03 bits per heavy atom. The van der Waals surface area contributed by atoms with Crippen LogP contribution in [-0.2, 0) is 22.6 Å². The maximum Gasteiger partial charge on any atom is 0.249 e. The summed E-state index contributed by atoms with van der Waals surface area (Å²) in [6, 6.07) is 22.0. The Balaban J connectivity index is 1.59. The minimum atomic E-state index is -0.664. The lowest BCUT2D eigenvalue weighted by atomic mass is 9.96. The van der Waals surface area contributed by atoms with Gasteiger partial charge in [0.2, 0.25) is 11.8 Å². The third kappa shape index (κ3) is 6.31. The number of nitrogens with zero attached hydrogens (tertiary/aromatic N) is 1. The normalized spacial score (nSPS) is 15.6. The van der Waals surface area contributed by atoms with E-state index in [1.807, 2.05) is 60.7 Å². The molecule has 0 saturated heterocycles. The van der Waals surface area contributed by atoms with Crippen molar-refractivity contribution in [1.82, 2.24) is 5.32 Å². The van der Waals surface area contributed by atoms with Crippen molar-refractivity contribution in [2.24, 2.45) is 5.73 Å². The van der Waals surface area contributed by atoms with E-state index in [9.17, 15) is 19.5 Å². The lowest BCUT2D eigenvalue weighted by molar-refractivity contribution is -0.128. The Hall–Kier alpha value is -3.81. The number of nitrogens with two attached hydrogens (primary N) is 1. The summed E-state index contributed by atoms with van der Waals surface area (Å²) in [6.07, 6.45) is 1.31. The summed E-state index contributed by atoms with van der Waals surface area (Å²) in [7, 11) is 0. The number of benzene rings is 3. The van der Waals surface area contributed by atoms with Gasteiger partial charge < -0.3 is 21.1 Å². The monoisotopic (exact) mass is 499 g/mol. The summed E-state index contributed by atoms with van der Waals surface area (Å²) < 4.78 is 0. The molecule has 0 fully saturated rings. The van der Waals surface area contributed by atoms with Gasteiger partial charge in [-0.25, -0.2) is 0 Å². The first-order chi connectivity index (χ1) is 17.7. The molecule has 4 N–H and O–H groups in total. The molecule has 0 aromatic heterocycles. The molecule has 2 amide bonds. The number of aliphatic hydroxyl groups is 1. The van der Waals surface area contributed by atoms with Crippen LogP contribution in [0.3, 0.4) is 0 Å². The van der Waals surface area contributed by atoms with Gasteiger partial charge in [-0.1, -0.05) is 66.7 Å². The van der Waals surface area contributed by atoms with Crippen LogP contribution in [0.4, 0.5) is 5.69 Å². The van der Waals surface area contributed by atoms with Gasteiger partial charge >= 0.3 is 0 Å². The highest BCUT2D eigenvalue weighted by Crippen LogP contribution is 2.30. The number of hydrogen-bond donors (Lipinski definition) is 3. The van der Waals surface area contributed by atoms with Crippen molar-refractivity contribution in [3.63, 3.8) is 0 Å². The van der Waals surface area contributed by atoms with Gasteiger partial charge in [0.05, 0.1) is 6.54 Å². The molecule has 7 heteroatoms. The van der Waals surface area contributed by atoms with Crippen LogP contribution in [0.25, 0.3) is 11.1 Å². The molecule has 192 valence electrons. The SMILES string of the molecule is CC(C)(N)CC(=O)NC1CCc2ccccc2N(Cc2ccc(-c3ccccc3C(=O)CO)cc2)C1=O. The Labute approximate surface area is 217 Å². The summed E-state index contributed by atoms with van der Waals surface area (Å²) in [5, 5.41) is 12.2. The van der Waals surface area contributed by atoms with Crippen LogP contribution in [0.15, 0.2) is 72.8 Å². The highest BCUT2D eigenvalue weighted by atomic mass is 16.3. The van der Waals surface area contributed by atoms with Crippen LogP contribution in [0.5, 0.6) is 0 Å². The number of aryl methyl sites for hydroxylation is 1. The van der Waals surface area contributed by atoms with Crippen molar-refractivity contribution in [2.45, 2.75) is 51.2 Å². The fraction of sp³-hybridized carbons (Fsp3) is 0.300. The third-order valence-corrected chi connectivity index (χ3v) is 6.48. The molecule has 3 aromatic carbocycles. The summed E-state index contributed by atoms with van der Waals surface area (Å²) in [4.78, 5) is 40.2. The first kappa shape index (κ1) is 26.3. The lowest BCUT2D eigenvalue weighted by Crippen LogP contribution is -2.49. The van der Waals surface area contributed by atoms with Gasteiger partial charge in [0.15, 0.2) is 5.78 Å². The van der Waals surface area contributed by atoms with Gasteiger partial charge in [0, 0.05) is 23.2 Å². The van der Waals surface area contributed by atoms with Crippen LogP contribution in [0.1, 0.15) is 48.2 Å². The first-order valence-corrected chi connectivity index (χ1v) is 12.5. The van der Waals surface area contributed by atoms with Crippen molar-refractivity contribution in [1.29, 1.82) is 0 Å². The molecule has 1 heterocycles. The fourth-order valence-electron chi connectivity index (χ4n) is 4.71. The molecule has 1 aliphatic heterocycles. The van der Waals surface area contributed by atoms with E-state index in [0.717, 1.165) is 27.9 Å². The number of carbonyl (C=O) groups is 3. The van der Waals surface area contributed by atoms with Crippen LogP contribution in [0, 0.1) is 0 Å². The van der Waals surface area contributed by atoms with Crippen LogP contribution < -0.4 is 16.0 Å². The minimum absolute atomic E-state index is 0.130. The predicted octanol–water partition coefficient (Wildman–Crippen LogP) is 3.62. The van der Waals surface area contributed by atoms with Gasteiger partial charge in [-0.3, -0.25) is 14.4 Å². The summed E-state index contributed by atoms with van der Waals surface area (Å²) in [5.74, 6) is -0.731. The zero-order valence-corrected chi connectivity index (χ0v) is 21.2. The number of fused-ring (bicyclic) bond motifs is 1. The predicted molar refractivity (Wildman–Crippen MR) is 144 cm³/mol. The molecule has 0 aliphatic carbocycles. The molecule has 7 nitrogen and oxygen atoms in total. The highest BCUT2D eigenvalue weighted by molar-refractivity contribution is 6.03. The smallest absolute Gasteiger partial charge is 0.249 e. The average Bonchev–Trinajstić information content (AvgIpc) is 3.00. The van der Waals surface area contributed by atoms with Gasteiger partial charge in [-0.15, -0.1) is 0 Å². The first-order valence-electron chi connectivity index (χ1n) is 12.5. The Kier molecular flexibility index (Phi) is 7.86. The van der Waals surface area contributed by atoms with Crippen molar-refractivity contribution in [2.75, 3.05) is 11.5 Å². The highest BCUT2D eigenvalue weighted by Gasteiger charge is 2.32. The number of nitrogens with one attached hydrogen (secondary N) is 1. The molecular formula is C30H33N3O4. The molecule has 1 aliphatic rings. The molecule has 0 bridgehead atoms. The van der Waals surface area contributed by atoms with Crippen molar-refractivity contribution >= 4 is 23.3 Å². The maximum atomic E-state index is 13.7. The second-order valence-corrected chi connectivity index (χ2v) is 10.2. The molecule has 0 spiro atoms. The number of para-hydroxylation sites is 1. The molecule has 1 atom stereocenters. The zero-order valence-electron chi connectivity index (χ0n) is 21.2. The van der Waals surface area contributed by atoms with E-state index < -0.39 is 18.2 Å². The molecule has 4 rings (SSSR count). The number of anilines is 1. The number of hydrogen-bond acceptors (Lipinski definition) is 5. The van der Waals surface area contributed by atoms with Crippen molar-refractivity contribution in [3.8, 4) is 11.1 Å². The Morgan fingerprint density at radius 2 is 1.70 bits per heavy atom. The Bertz CT molecular complexity index is 1290. The topological polar surface area (TPSA) is 113 Å². The minimum Gasteiger partial charge on any atom is -0.388 e. The van der Waals surface area contributed by atoms with Gasteiger partial charge in [0.25, 0.3) is 0 Å². The average molecular weight is 500 g/mol. The zero-order chi connectivity index (χ0) is 26.6. The molecule has 0 saturated carbocycles. The molecular weight excluding hydrogens is 466 g/mol. The molecule has 37 heavy (non-hydrogen) atoms. The van der Waals surface area contributed by atoms with Crippen LogP contribution >= 0.6 is 0 Å². The van der Waals surface area contributed by atoms with E-state index in [2.05, 4.69) is 5.32 Å². The van der Waals surface area contributed by atoms with E-state index in [4.69, 9.17) is 5.73 Å². The number of ketones is 1. The van der Waals surface area contributed by atoms with Crippen molar-refractivity contribution < 1.29 is 19.5 Å². The van der Waals surface area contributed by atoms with Crippen LogP contribution in [0.2, 0.25) is 0 Å². The standard InChI is InChI=1S/C30H33N3O4/c1-30(2,31)17-28(36)32-25-16-15-22-7-3-6-10-26(22)33(29(25)37)18-20-11-13-21(14-12-20)23-8-4-5-9-24(23)27(35)19-34/h3-14,25,34H,15-19,31H2,1-2H3,(H,32,36). The number of Topliss-reactive ketones (excluding diaryl/α,β-unsaturated/α-hetero) is 1.